The van der Waals surface area contributed by atoms with Gasteiger partial charge in [0, 0.05) is 16.7 Å². The summed E-state index contributed by atoms with van der Waals surface area (Å²) >= 11 is 0. The molecule has 0 amide bonds. The molecule has 25 heavy (non-hydrogen) atoms. The first-order valence-corrected chi connectivity index (χ1v) is 9.57. The van der Waals surface area contributed by atoms with Crippen molar-refractivity contribution >= 4 is 26.7 Å². The summed E-state index contributed by atoms with van der Waals surface area (Å²) in [6.07, 6.45) is 0. The van der Waals surface area contributed by atoms with Gasteiger partial charge in [0.05, 0.1) is 5.04 Å². The van der Waals surface area contributed by atoms with Crippen LogP contribution in [0.3, 0.4) is 0 Å². The summed E-state index contributed by atoms with van der Waals surface area (Å²) in [5, 5.41) is -0.950. The molecule has 7 heteroatoms. The van der Waals surface area contributed by atoms with Crippen LogP contribution in [0.5, 0.6) is 0 Å². The van der Waals surface area contributed by atoms with Crippen LogP contribution in [0.2, 0.25) is 5.04 Å². The molecule has 0 aromatic carbocycles. The molecule has 0 rings (SSSR count). The highest BCUT2D eigenvalue weighted by molar-refractivity contribution is 6.69. The van der Waals surface area contributed by atoms with Crippen molar-refractivity contribution in [1.29, 1.82) is 0 Å². The molecule has 0 aliphatic carbocycles. The number of carbonyl (C=O) groups is 3. The van der Waals surface area contributed by atoms with E-state index in [-0.39, 0.29) is 22.6 Å². The quantitative estimate of drug-likeness (QED) is 0.480. The lowest BCUT2D eigenvalue weighted by Crippen LogP contribution is -2.59. The van der Waals surface area contributed by atoms with E-state index in [4.69, 9.17) is 13.3 Å². The van der Waals surface area contributed by atoms with Crippen LogP contribution in [0.25, 0.3) is 0 Å². The molecule has 0 aromatic heterocycles. The summed E-state index contributed by atoms with van der Waals surface area (Å²) in [6.45, 7) is 22.1. The highest BCUT2D eigenvalue weighted by Crippen LogP contribution is 2.46. The summed E-state index contributed by atoms with van der Waals surface area (Å²) in [5.74, 6) is -2.55. The summed E-state index contributed by atoms with van der Waals surface area (Å²) in [4.78, 5) is 36.6. The average Bonchev–Trinajstić information content (AvgIpc) is 2.45. The Morgan fingerprint density at radius 2 is 1.00 bits per heavy atom. The minimum Gasteiger partial charge on any atom is -0.451 e. The Morgan fingerprint density at radius 3 is 1.16 bits per heavy atom. The molecule has 140 valence electrons. The lowest BCUT2D eigenvalue weighted by atomic mass is 9.99. The maximum absolute atomic E-state index is 12.2. The third-order valence-electron chi connectivity index (χ3n) is 3.96. The molecule has 0 radical (unpaired) electrons. The monoisotopic (exact) mass is 368 g/mol. The fourth-order valence-electron chi connectivity index (χ4n) is 1.44. The Labute approximate surface area is 150 Å². The first-order chi connectivity index (χ1) is 11.2. The van der Waals surface area contributed by atoms with Crippen molar-refractivity contribution in [3.63, 3.8) is 0 Å². The maximum atomic E-state index is 12.2. The molecular weight excluding hydrogens is 340 g/mol. The molecule has 0 aromatic rings. The van der Waals surface area contributed by atoms with Gasteiger partial charge in [0.15, 0.2) is 0 Å². The Kier molecular flexibility index (Phi) is 7.57. The molecule has 0 saturated carbocycles. The van der Waals surface area contributed by atoms with Crippen molar-refractivity contribution in [2.24, 2.45) is 5.92 Å². The Balaban J connectivity index is 6.37. The second-order valence-electron chi connectivity index (χ2n) is 6.94. The van der Waals surface area contributed by atoms with Crippen LogP contribution in [-0.2, 0) is 27.7 Å². The van der Waals surface area contributed by atoms with Crippen molar-refractivity contribution in [1.82, 2.24) is 0 Å². The minimum atomic E-state index is -4.19. The zero-order valence-electron chi connectivity index (χ0n) is 16.1. The molecule has 6 nitrogen and oxygen atoms in total. The first-order valence-electron chi connectivity index (χ1n) is 7.84. The Morgan fingerprint density at radius 1 is 0.760 bits per heavy atom. The van der Waals surface area contributed by atoms with Crippen molar-refractivity contribution < 1.29 is 27.7 Å². The van der Waals surface area contributed by atoms with Gasteiger partial charge in [-0.2, -0.15) is 0 Å². The van der Waals surface area contributed by atoms with Crippen molar-refractivity contribution in [3.8, 4) is 0 Å². The minimum absolute atomic E-state index is 0.0918. The molecule has 0 fully saturated rings. The molecule has 0 unspecified atom stereocenters. The average molecular weight is 369 g/mol. The SMILES string of the molecule is C=C(C)C(=O)O[Si](OC(=O)C(=C)C)(OC(=O)C(=C)C)C(C)(C)C(C)C. The highest BCUT2D eigenvalue weighted by Gasteiger charge is 2.67. The van der Waals surface area contributed by atoms with E-state index >= 15 is 0 Å². The molecule has 0 aliphatic heterocycles. The van der Waals surface area contributed by atoms with Gasteiger partial charge in [0.25, 0.3) is 0 Å². The Hall–Kier alpha value is -2.15. The van der Waals surface area contributed by atoms with E-state index in [2.05, 4.69) is 19.7 Å². The van der Waals surface area contributed by atoms with Gasteiger partial charge in [-0.3, -0.25) is 0 Å². The van der Waals surface area contributed by atoms with Gasteiger partial charge in [-0.15, -0.1) is 0 Å². The molecule has 0 N–H and O–H groups in total. The lowest BCUT2D eigenvalue weighted by Gasteiger charge is -2.40. The van der Waals surface area contributed by atoms with Gasteiger partial charge in [0.1, 0.15) is 0 Å². The second kappa shape index (κ2) is 8.29. The van der Waals surface area contributed by atoms with Crippen LogP contribution in [0, 0.1) is 5.92 Å². The van der Waals surface area contributed by atoms with E-state index in [9.17, 15) is 14.4 Å². The van der Waals surface area contributed by atoms with Gasteiger partial charge in [-0.1, -0.05) is 47.4 Å². The number of carbonyl (C=O) groups excluding carboxylic acids is 3. The molecular formula is C18H28O6Si. The third-order valence-corrected chi connectivity index (χ3v) is 7.48. The molecule has 0 spiro atoms. The lowest BCUT2D eigenvalue weighted by molar-refractivity contribution is -0.147. The first kappa shape index (κ1) is 22.8. The topological polar surface area (TPSA) is 78.9 Å². The highest BCUT2D eigenvalue weighted by atomic mass is 28.4. The largest absolute Gasteiger partial charge is 0.712 e. The van der Waals surface area contributed by atoms with Crippen LogP contribution in [-0.4, -0.2) is 26.7 Å². The van der Waals surface area contributed by atoms with Crippen molar-refractivity contribution in [2.45, 2.75) is 53.5 Å². The summed E-state index contributed by atoms with van der Waals surface area (Å²) in [7, 11) is -4.19. The zero-order valence-corrected chi connectivity index (χ0v) is 17.1. The van der Waals surface area contributed by atoms with E-state index in [0.717, 1.165) is 0 Å². The fraction of sp³-hybridized carbons (Fsp3) is 0.500. The predicted octanol–water partition coefficient (Wildman–Crippen LogP) is 3.72. The molecule has 0 heterocycles. The van der Waals surface area contributed by atoms with Crippen molar-refractivity contribution in [2.75, 3.05) is 0 Å². The van der Waals surface area contributed by atoms with E-state index in [0.29, 0.717) is 0 Å². The standard InChI is InChI=1S/C18H28O6Si/c1-11(2)15(19)22-25(18(9,10)14(7)8,23-16(20)12(3)4)24-17(21)13(5)6/h14H,1,3,5H2,2,4,6-10H3. The van der Waals surface area contributed by atoms with Crippen LogP contribution < -0.4 is 0 Å². The third kappa shape index (κ3) is 5.42. The van der Waals surface area contributed by atoms with Gasteiger partial charge in [-0.25, -0.2) is 14.4 Å². The molecule has 0 saturated heterocycles. The van der Waals surface area contributed by atoms with Crippen LogP contribution in [0.15, 0.2) is 36.5 Å². The second-order valence-corrected chi connectivity index (χ2v) is 9.96. The van der Waals surface area contributed by atoms with E-state index in [1.165, 1.54) is 20.8 Å². The summed E-state index contributed by atoms with van der Waals surface area (Å²) in [6, 6.07) is 0. The van der Waals surface area contributed by atoms with Crippen LogP contribution in [0.1, 0.15) is 48.5 Å². The van der Waals surface area contributed by atoms with Gasteiger partial charge in [0.2, 0.25) is 0 Å². The smallest absolute Gasteiger partial charge is 0.451 e. The van der Waals surface area contributed by atoms with Crippen molar-refractivity contribution in [3.05, 3.63) is 36.5 Å². The molecule has 0 aliphatic rings. The normalized spacial score (nSPS) is 11.5. The van der Waals surface area contributed by atoms with Gasteiger partial charge < -0.3 is 13.3 Å². The summed E-state index contributed by atoms with van der Waals surface area (Å²) < 4.78 is 16.5. The predicted molar refractivity (Wildman–Crippen MR) is 97.4 cm³/mol. The van der Waals surface area contributed by atoms with Crippen LogP contribution in [0.4, 0.5) is 0 Å². The maximum Gasteiger partial charge on any atom is 0.712 e. The van der Waals surface area contributed by atoms with E-state index in [1.807, 2.05) is 13.8 Å². The van der Waals surface area contributed by atoms with Gasteiger partial charge >= 0.3 is 26.7 Å². The number of rotatable bonds is 8. The van der Waals surface area contributed by atoms with E-state index in [1.54, 1.807) is 13.8 Å². The molecule has 0 atom stereocenters. The number of hydrogen-bond acceptors (Lipinski definition) is 6. The fourth-order valence-corrected chi connectivity index (χ4v) is 4.31. The Bertz CT molecular complexity index is 546. The van der Waals surface area contributed by atoms with E-state index < -0.39 is 31.8 Å². The molecule has 0 bridgehead atoms. The summed E-state index contributed by atoms with van der Waals surface area (Å²) in [5.41, 5.74) is 0.275. The zero-order chi connectivity index (χ0) is 20.2. The van der Waals surface area contributed by atoms with Crippen LogP contribution >= 0.6 is 0 Å². The number of hydrogen-bond donors (Lipinski definition) is 0. The van der Waals surface area contributed by atoms with Gasteiger partial charge in [-0.05, 0) is 26.7 Å².